The third kappa shape index (κ3) is 12.4. The van der Waals surface area contributed by atoms with Gasteiger partial charge in [-0.25, -0.2) is 0 Å². The second-order valence-corrected chi connectivity index (χ2v) is 10.7. The normalized spacial score (nSPS) is 27.8. The standard InChI is InChI=1S/C27H52N2O2/c1-22(30)11-9-7-5-3-4-6-8-10-12-27(31)29-26-19-15-24(16-20-26)21-23-13-17-25(28-2)18-14-23/h23-29,31H,3-21H2,1-2H3. The summed E-state index contributed by atoms with van der Waals surface area (Å²) in [5, 5.41) is 17.3. The lowest BCUT2D eigenvalue weighted by Crippen LogP contribution is -2.40. The number of carbonyl (C=O) groups excluding carboxylic acids is 1. The van der Waals surface area contributed by atoms with Crippen LogP contribution in [0.15, 0.2) is 0 Å². The number of rotatable bonds is 16. The van der Waals surface area contributed by atoms with Crippen molar-refractivity contribution >= 4 is 5.78 Å². The lowest BCUT2D eigenvalue weighted by molar-refractivity contribution is -0.117. The Hall–Kier alpha value is -0.450. The highest BCUT2D eigenvalue weighted by Crippen LogP contribution is 2.35. The number of aliphatic hydroxyl groups excluding tert-OH is 1. The average molecular weight is 437 g/mol. The van der Waals surface area contributed by atoms with Crippen LogP contribution in [0.3, 0.4) is 0 Å². The van der Waals surface area contributed by atoms with Crippen LogP contribution in [-0.2, 0) is 4.79 Å². The van der Waals surface area contributed by atoms with Crippen LogP contribution in [0, 0.1) is 11.8 Å². The molecule has 4 nitrogen and oxygen atoms in total. The SMILES string of the molecule is CNC1CCC(CC2CCC(NC(O)CCCCCCCCCCC(C)=O)CC2)CC1. The molecule has 2 rings (SSSR count). The zero-order valence-corrected chi connectivity index (χ0v) is 20.7. The van der Waals surface area contributed by atoms with Crippen molar-refractivity contribution in [1.82, 2.24) is 10.6 Å². The van der Waals surface area contributed by atoms with E-state index in [1.165, 1.54) is 96.3 Å². The summed E-state index contributed by atoms with van der Waals surface area (Å²) in [6.07, 6.45) is 23.3. The number of nitrogens with one attached hydrogen (secondary N) is 2. The molecule has 0 saturated heterocycles. The average Bonchev–Trinajstić information content (AvgIpc) is 2.76. The molecule has 2 aliphatic rings. The van der Waals surface area contributed by atoms with E-state index in [-0.39, 0.29) is 6.23 Å². The van der Waals surface area contributed by atoms with E-state index in [0.29, 0.717) is 11.8 Å². The minimum absolute atomic E-state index is 0.315. The molecular weight excluding hydrogens is 384 g/mol. The number of hydrogen-bond acceptors (Lipinski definition) is 4. The van der Waals surface area contributed by atoms with Gasteiger partial charge in [0.1, 0.15) is 12.0 Å². The largest absolute Gasteiger partial charge is 0.379 e. The van der Waals surface area contributed by atoms with Gasteiger partial charge in [0.2, 0.25) is 0 Å². The van der Waals surface area contributed by atoms with E-state index in [4.69, 9.17) is 0 Å². The van der Waals surface area contributed by atoms with Gasteiger partial charge in [0.25, 0.3) is 0 Å². The van der Waals surface area contributed by atoms with E-state index in [1.807, 2.05) is 0 Å². The fourth-order valence-corrected chi connectivity index (χ4v) is 5.85. The molecule has 0 aromatic heterocycles. The number of ketones is 1. The second-order valence-electron chi connectivity index (χ2n) is 10.7. The number of aliphatic hydroxyl groups is 1. The second kappa shape index (κ2) is 16.2. The van der Waals surface area contributed by atoms with Gasteiger partial charge in [0.05, 0.1) is 0 Å². The van der Waals surface area contributed by atoms with Crippen molar-refractivity contribution in [3.8, 4) is 0 Å². The van der Waals surface area contributed by atoms with E-state index in [2.05, 4.69) is 17.7 Å². The monoisotopic (exact) mass is 436 g/mol. The Morgan fingerprint density at radius 2 is 1.26 bits per heavy atom. The summed E-state index contributed by atoms with van der Waals surface area (Å²) in [4.78, 5) is 10.9. The van der Waals surface area contributed by atoms with Crippen molar-refractivity contribution < 1.29 is 9.90 Å². The van der Waals surface area contributed by atoms with Gasteiger partial charge in [-0.15, -0.1) is 0 Å². The molecule has 2 fully saturated rings. The first-order chi connectivity index (χ1) is 15.1. The highest BCUT2D eigenvalue weighted by Gasteiger charge is 2.27. The predicted octanol–water partition coefficient (Wildman–Crippen LogP) is 6.11. The molecule has 2 saturated carbocycles. The Labute approximate surface area is 192 Å². The molecule has 0 amide bonds. The van der Waals surface area contributed by atoms with Crippen molar-refractivity contribution in [2.75, 3.05) is 7.05 Å². The lowest BCUT2D eigenvalue weighted by Gasteiger charge is -2.35. The Kier molecular flexibility index (Phi) is 14.0. The molecule has 0 aliphatic heterocycles. The Morgan fingerprint density at radius 3 is 1.77 bits per heavy atom. The zero-order valence-electron chi connectivity index (χ0n) is 20.7. The highest BCUT2D eigenvalue weighted by atomic mass is 16.3. The summed E-state index contributed by atoms with van der Waals surface area (Å²) >= 11 is 0. The van der Waals surface area contributed by atoms with Gasteiger partial charge in [-0.05, 0) is 103 Å². The van der Waals surface area contributed by atoms with E-state index in [1.54, 1.807) is 6.92 Å². The molecule has 4 heteroatoms. The van der Waals surface area contributed by atoms with Gasteiger partial charge >= 0.3 is 0 Å². The fourth-order valence-electron chi connectivity index (χ4n) is 5.85. The minimum atomic E-state index is -0.315. The molecule has 0 heterocycles. The molecule has 0 bridgehead atoms. The smallest absolute Gasteiger partial charge is 0.129 e. The van der Waals surface area contributed by atoms with E-state index in [9.17, 15) is 9.90 Å². The van der Waals surface area contributed by atoms with Crippen LogP contribution < -0.4 is 10.6 Å². The first-order valence-corrected chi connectivity index (χ1v) is 13.7. The van der Waals surface area contributed by atoms with Crippen LogP contribution >= 0.6 is 0 Å². The molecule has 3 N–H and O–H groups in total. The van der Waals surface area contributed by atoms with E-state index in [0.717, 1.165) is 43.6 Å². The van der Waals surface area contributed by atoms with Crippen LogP contribution in [0.5, 0.6) is 0 Å². The number of unbranched alkanes of at least 4 members (excludes halogenated alkanes) is 7. The molecule has 182 valence electrons. The van der Waals surface area contributed by atoms with Crippen LogP contribution in [0.2, 0.25) is 0 Å². The Morgan fingerprint density at radius 1 is 0.774 bits per heavy atom. The number of Topliss-reactive ketones (excluding diaryl/α,β-unsaturated/α-hetero) is 1. The predicted molar refractivity (Wildman–Crippen MR) is 131 cm³/mol. The van der Waals surface area contributed by atoms with E-state index < -0.39 is 0 Å². The van der Waals surface area contributed by atoms with Gasteiger partial charge in [0.15, 0.2) is 0 Å². The zero-order chi connectivity index (χ0) is 22.3. The third-order valence-corrected chi connectivity index (χ3v) is 7.95. The lowest BCUT2D eigenvalue weighted by atomic mass is 9.75. The summed E-state index contributed by atoms with van der Waals surface area (Å²) in [7, 11) is 2.11. The summed E-state index contributed by atoms with van der Waals surface area (Å²) in [5.74, 6) is 2.21. The maximum atomic E-state index is 10.9. The van der Waals surface area contributed by atoms with Crippen molar-refractivity contribution in [2.45, 2.75) is 147 Å². The Balaban J connectivity index is 1.41. The van der Waals surface area contributed by atoms with Crippen molar-refractivity contribution in [1.29, 1.82) is 0 Å². The third-order valence-electron chi connectivity index (χ3n) is 7.95. The Bertz CT molecular complexity index is 454. The van der Waals surface area contributed by atoms with Crippen molar-refractivity contribution in [3.05, 3.63) is 0 Å². The van der Waals surface area contributed by atoms with Gasteiger partial charge in [-0.2, -0.15) is 0 Å². The maximum absolute atomic E-state index is 10.9. The van der Waals surface area contributed by atoms with Crippen LogP contribution in [0.25, 0.3) is 0 Å². The first-order valence-electron chi connectivity index (χ1n) is 13.7. The minimum Gasteiger partial charge on any atom is -0.379 e. The molecule has 2 aliphatic carbocycles. The summed E-state index contributed by atoms with van der Waals surface area (Å²) < 4.78 is 0. The summed E-state index contributed by atoms with van der Waals surface area (Å²) in [5.41, 5.74) is 0. The van der Waals surface area contributed by atoms with E-state index >= 15 is 0 Å². The number of carbonyl (C=O) groups is 1. The van der Waals surface area contributed by atoms with Crippen LogP contribution in [-0.4, -0.2) is 36.2 Å². The van der Waals surface area contributed by atoms with Gasteiger partial charge in [-0.1, -0.05) is 38.5 Å². The highest BCUT2D eigenvalue weighted by molar-refractivity contribution is 5.75. The fraction of sp³-hybridized carbons (Fsp3) is 0.963. The molecule has 0 aromatic rings. The van der Waals surface area contributed by atoms with Crippen molar-refractivity contribution in [3.63, 3.8) is 0 Å². The number of hydrogen-bond donors (Lipinski definition) is 3. The topological polar surface area (TPSA) is 61.4 Å². The molecule has 0 spiro atoms. The molecule has 0 radical (unpaired) electrons. The summed E-state index contributed by atoms with van der Waals surface area (Å²) in [6.45, 7) is 1.69. The maximum Gasteiger partial charge on any atom is 0.129 e. The molecule has 1 unspecified atom stereocenters. The van der Waals surface area contributed by atoms with Gasteiger partial charge < -0.3 is 15.2 Å². The van der Waals surface area contributed by atoms with Gasteiger partial charge in [0, 0.05) is 18.5 Å². The molecule has 31 heavy (non-hydrogen) atoms. The summed E-state index contributed by atoms with van der Waals surface area (Å²) in [6, 6.07) is 1.29. The molecular formula is C27H52N2O2. The first kappa shape index (κ1) is 26.8. The van der Waals surface area contributed by atoms with Crippen LogP contribution in [0.4, 0.5) is 0 Å². The quantitative estimate of drug-likeness (QED) is 0.202. The van der Waals surface area contributed by atoms with Crippen LogP contribution in [0.1, 0.15) is 129 Å². The van der Waals surface area contributed by atoms with Gasteiger partial charge in [-0.3, -0.25) is 5.32 Å². The van der Waals surface area contributed by atoms with Crippen molar-refractivity contribution in [2.24, 2.45) is 11.8 Å². The molecule has 0 aromatic carbocycles. The molecule has 1 atom stereocenters.